The molecule has 2 saturated heterocycles. The molecular formula is C21H25FN4O4. The third-order valence-corrected chi connectivity index (χ3v) is 5.95. The van der Waals surface area contributed by atoms with Gasteiger partial charge in [-0.25, -0.2) is 9.37 Å². The predicted octanol–water partition coefficient (Wildman–Crippen LogP) is 1.56. The maximum atomic E-state index is 13.0. The van der Waals surface area contributed by atoms with Crippen LogP contribution in [-0.2, 0) is 18.3 Å². The smallest absolute Gasteiger partial charge is 0.297 e. The number of piperidine rings is 1. The van der Waals surface area contributed by atoms with Gasteiger partial charge in [-0.05, 0) is 37.0 Å². The van der Waals surface area contributed by atoms with Gasteiger partial charge in [0.15, 0.2) is 5.69 Å². The fourth-order valence-electron chi connectivity index (χ4n) is 4.24. The highest BCUT2D eigenvalue weighted by Crippen LogP contribution is 2.38. The molecule has 1 aromatic carbocycles. The Bertz CT molecular complexity index is 999. The Morgan fingerprint density at radius 2 is 2.10 bits per heavy atom. The molecule has 1 spiro atoms. The van der Waals surface area contributed by atoms with Crippen molar-refractivity contribution >= 4 is 11.9 Å². The number of aromatic hydroxyl groups is 1. The minimum absolute atomic E-state index is 0.0405. The molecule has 160 valence electrons. The zero-order chi connectivity index (χ0) is 21.3. The van der Waals surface area contributed by atoms with Crippen LogP contribution in [0.2, 0.25) is 0 Å². The van der Waals surface area contributed by atoms with E-state index >= 15 is 0 Å². The number of nitrogens with one attached hydrogen (secondary N) is 1. The first-order chi connectivity index (χ1) is 14.4. The third kappa shape index (κ3) is 3.89. The van der Waals surface area contributed by atoms with Crippen LogP contribution < -0.4 is 15.8 Å². The standard InChI is InChI=1S/C21H25FN4O4/c1-25-19(29)17(27)16(18(28)23-11-14-3-5-15(22)6-4-14)24-20(25)26-9-2-7-21(12-26)8-10-30-13-21/h3-6,27H,2,7-13H2,1H3,(H,23,28). The Morgan fingerprint density at radius 3 is 2.80 bits per heavy atom. The maximum absolute atomic E-state index is 13.0. The zero-order valence-electron chi connectivity index (χ0n) is 16.9. The Morgan fingerprint density at radius 1 is 1.33 bits per heavy atom. The summed E-state index contributed by atoms with van der Waals surface area (Å²) in [5, 5.41) is 12.9. The molecule has 0 radical (unpaired) electrons. The van der Waals surface area contributed by atoms with Gasteiger partial charge in [-0.2, -0.15) is 0 Å². The molecule has 2 fully saturated rings. The summed E-state index contributed by atoms with van der Waals surface area (Å²) in [5.74, 6) is -1.36. The molecule has 0 saturated carbocycles. The molecule has 1 aromatic heterocycles. The second-order valence-corrected chi connectivity index (χ2v) is 8.11. The van der Waals surface area contributed by atoms with Crippen LogP contribution in [-0.4, -0.2) is 46.9 Å². The highest BCUT2D eigenvalue weighted by molar-refractivity contribution is 5.95. The van der Waals surface area contributed by atoms with E-state index in [-0.39, 0.29) is 23.5 Å². The lowest BCUT2D eigenvalue weighted by atomic mass is 9.79. The van der Waals surface area contributed by atoms with Crippen molar-refractivity contribution in [3.05, 3.63) is 51.7 Å². The molecule has 8 nitrogen and oxygen atoms in total. The molecule has 1 amide bonds. The van der Waals surface area contributed by atoms with Gasteiger partial charge in [0.1, 0.15) is 5.82 Å². The van der Waals surface area contributed by atoms with E-state index in [9.17, 15) is 19.1 Å². The molecule has 30 heavy (non-hydrogen) atoms. The van der Waals surface area contributed by atoms with E-state index in [1.807, 2.05) is 4.90 Å². The summed E-state index contributed by atoms with van der Waals surface area (Å²) in [7, 11) is 1.54. The Labute approximate surface area is 173 Å². The number of nitrogens with zero attached hydrogens (tertiary/aromatic N) is 3. The van der Waals surface area contributed by atoms with Gasteiger partial charge >= 0.3 is 0 Å². The number of amides is 1. The first-order valence-corrected chi connectivity index (χ1v) is 10.0. The fraction of sp³-hybridized carbons (Fsp3) is 0.476. The van der Waals surface area contributed by atoms with E-state index in [1.54, 1.807) is 12.1 Å². The predicted molar refractivity (Wildman–Crippen MR) is 108 cm³/mol. The Hall–Kier alpha value is -2.94. The summed E-state index contributed by atoms with van der Waals surface area (Å²) < 4.78 is 19.9. The number of anilines is 1. The van der Waals surface area contributed by atoms with Crippen molar-refractivity contribution < 1.29 is 19.0 Å². The van der Waals surface area contributed by atoms with Crippen LogP contribution in [0.1, 0.15) is 35.3 Å². The SMILES string of the molecule is Cn1c(N2CCCC3(CCOC3)C2)nc(C(=O)NCc2ccc(F)cc2)c(O)c1=O. The monoisotopic (exact) mass is 416 g/mol. The van der Waals surface area contributed by atoms with Gasteiger partial charge in [-0.15, -0.1) is 0 Å². The van der Waals surface area contributed by atoms with E-state index in [0.717, 1.165) is 25.9 Å². The molecular weight excluding hydrogens is 391 g/mol. The average Bonchev–Trinajstić information content (AvgIpc) is 3.19. The molecule has 1 unspecified atom stereocenters. The normalized spacial score (nSPS) is 21.2. The van der Waals surface area contributed by atoms with Crippen molar-refractivity contribution in [2.75, 3.05) is 31.2 Å². The lowest BCUT2D eigenvalue weighted by Crippen LogP contribution is -2.46. The van der Waals surface area contributed by atoms with Gasteiger partial charge in [-0.1, -0.05) is 12.1 Å². The molecule has 2 aliphatic heterocycles. The molecule has 0 bridgehead atoms. The molecule has 2 aromatic rings. The number of carbonyl (C=O) groups is 1. The number of rotatable bonds is 4. The summed E-state index contributed by atoms with van der Waals surface area (Å²) in [6, 6.07) is 5.70. The number of aromatic nitrogens is 2. The molecule has 3 heterocycles. The second kappa shape index (κ2) is 8.06. The van der Waals surface area contributed by atoms with Crippen molar-refractivity contribution in [1.82, 2.24) is 14.9 Å². The van der Waals surface area contributed by atoms with Crippen LogP contribution in [0.25, 0.3) is 0 Å². The van der Waals surface area contributed by atoms with Gasteiger partial charge in [0.05, 0.1) is 6.61 Å². The van der Waals surface area contributed by atoms with Crippen molar-refractivity contribution in [3.63, 3.8) is 0 Å². The van der Waals surface area contributed by atoms with Crippen molar-refractivity contribution in [2.45, 2.75) is 25.8 Å². The second-order valence-electron chi connectivity index (χ2n) is 8.11. The van der Waals surface area contributed by atoms with Gasteiger partial charge in [-0.3, -0.25) is 14.2 Å². The van der Waals surface area contributed by atoms with Crippen LogP contribution in [0.4, 0.5) is 10.3 Å². The van der Waals surface area contributed by atoms with E-state index in [1.165, 1.54) is 23.7 Å². The number of halogens is 1. The van der Waals surface area contributed by atoms with Crippen LogP contribution in [0.5, 0.6) is 5.75 Å². The zero-order valence-corrected chi connectivity index (χ0v) is 16.9. The first-order valence-electron chi connectivity index (χ1n) is 10.0. The van der Waals surface area contributed by atoms with Crippen LogP contribution in [0.15, 0.2) is 29.1 Å². The Balaban J connectivity index is 1.58. The van der Waals surface area contributed by atoms with Crippen molar-refractivity contribution in [1.29, 1.82) is 0 Å². The number of ether oxygens (including phenoxy) is 1. The molecule has 4 rings (SSSR count). The fourth-order valence-corrected chi connectivity index (χ4v) is 4.24. The van der Waals surface area contributed by atoms with Gasteiger partial charge in [0, 0.05) is 38.7 Å². The average molecular weight is 416 g/mol. The Kier molecular flexibility index (Phi) is 5.46. The largest absolute Gasteiger partial charge is 0.501 e. The van der Waals surface area contributed by atoms with E-state index in [0.29, 0.717) is 31.2 Å². The lowest BCUT2D eigenvalue weighted by Gasteiger charge is -2.40. The third-order valence-electron chi connectivity index (χ3n) is 5.95. The van der Waals surface area contributed by atoms with Crippen molar-refractivity contribution in [2.24, 2.45) is 12.5 Å². The van der Waals surface area contributed by atoms with Gasteiger partial charge in [0.2, 0.25) is 11.7 Å². The van der Waals surface area contributed by atoms with Crippen molar-refractivity contribution in [3.8, 4) is 5.75 Å². The van der Waals surface area contributed by atoms with Gasteiger partial charge in [0.25, 0.3) is 11.5 Å². The topological polar surface area (TPSA) is 96.7 Å². The minimum Gasteiger partial charge on any atom is -0.501 e. The van der Waals surface area contributed by atoms with Gasteiger partial charge < -0.3 is 20.1 Å². The van der Waals surface area contributed by atoms with E-state index in [4.69, 9.17) is 4.74 Å². The molecule has 9 heteroatoms. The molecule has 1 atom stereocenters. The minimum atomic E-state index is -0.686. The highest BCUT2D eigenvalue weighted by atomic mass is 19.1. The van der Waals surface area contributed by atoms with Crippen LogP contribution in [0.3, 0.4) is 0 Å². The number of benzene rings is 1. The number of carbonyl (C=O) groups excluding carboxylic acids is 1. The van der Waals surface area contributed by atoms with Crippen LogP contribution in [0, 0.1) is 11.2 Å². The van der Waals surface area contributed by atoms with E-state index < -0.39 is 17.2 Å². The first kappa shape index (κ1) is 20.3. The summed E-state index contributed by atoms with van der Waals surface area (Å²) in [6.45, 7) is 2.93. The molecule has 2 N–H and O–H groups in total. The quantitative estimate of drug-likeness (QED) is 0.785. The summed E-state index contributed by atoms with van der Waals surface area (Å²) >= 11 is 0. The highest BCUT2D eigenvalue weighted by Gasteiger charge is 2.40. The van der Waals surface area contributed by atoms with Crippen LogP contribution >= 0.6 is 0 Å². The summed E-state index contributed by atoms with van der Waals surface area (Å²) in [6.07, 6.45) is 2.95. The summed E-state index contributed by atoms with van der Waals surface area (Å²) in [4.78, 5) is 31.6. The lowest BCUT2D eigenvalue weighted by molar-refractivity contribution is 0.0942. The molecule has 0 aliphatic carbocycles. The molecule has 2 aliphatic rings. The van der Waals surface area contributed by atoms with E-state index in [2.05, 4.69) is 10.3 Å². The summed E-state index contributed by atoms with van der Waals surface area (Å²) in [5.41, 5.74) is -0.252. The number of hydrogen-bond acceptors (Lipinski definition) is 6. The maximum Gasteiger partial charge on any atom is 0.297 e. The number of hydrogen-bond donors (Lipinski definition) is 2.